The van der Waals surface area contributed by atoms with Gasteiger partial charge in [-0.15, -0.1) is 10.2 Å². The highest BCUT2D eigenvalue weighted by Gasteiger charge is 2.20. The van der Waals surface area contributed by atoms with Gasteiger partial charge >= 0.3 is 0 Å². The van der Waals surface area contributed by atoms with Crippen molar-refractivity contribution >= 4 is 46.7 Å². The summed E-state index contributed by atoms with van der Waals surface area (Å²) in [4.78, 5) is 24.7. The van der Waals surface area contributed by atoms with Crippen LogP contribution in [0.1, 0.15) is 25.0 Å². The lowest BCUT2D eigenvalue weighted by Crippen LogP contribution is -2.30. The number of carbonyl (C=O) groups is 2. The molecule has 2 N–H and O–H groups in total. The van der Waals surface area contributed by atoms with Crippen LogP contribution in [0.25, 0.3) is 0 Å². The molecule has 3 aromatic rings. The molecule has 2 unspecified atom stereocenters. The molecule has 0 bridgehead atoms. The minimum Gasteiger partial charge on any atom is -0.351 e. The summed E-state index contributed by atoms with van der Waals surface area (Å²) in [6.07, 6.45) is 0. The number of aromatic nitrogens is 2. The molecule has 3 rings (SSSR count). The Bertz CT molecular complexity index is 905. The largest absolute Gasteiger partial charge is 0.351 e. The van der Waals surface area contributed by atoms with E-state index in [0.29, 0.717) is 21.8 Å². The molecular formula is C22H24N4O2S3. The van der Waals surface area contributed by atoms with E-state index in [9.17, 15) is 9.59 Å². The highest BCUT2D eigenvalue weighted by molar-refractivity contribution is 8.04. The van der Waals surface area contributed by atoms with Gasteiger partial charge in [0.2, 0.25) is 11.8 Å². The molecule has 0 radical (unpaired) electrons. The third-order valence-corrected chi connectivity index (χ3v) is 7.59. The Morgan fingerprint density at radius 1 is 0.774 bits per heavy atom. The minimum absolute atomic E-state index is 0.0492. The van der Waals surface area contributed by atoms with Crippen molar-refractivity contribution in [2.24, 2.45) is 0 Å². The van der Waals surface area contributed by atoms with Gasteiger partial charge in [-0.05, 0) is 25.0 Å². The van der Waals surface area contributed by atoms with Gasteiger partial charge in [0.1, 0.15) is 0 Å². The van der Waals surface area contributed by atoms with E-state index in [1.807, 2.05) is 74.5 Å². The summed E-state index contributed by atoms with van der Waals surface area (Å²) in [5, 5.41) is 13.6. The van der Waals surface area contributed by atoms with E-state index >= 15 is 0 Å². The Morgan fingerprint density at radius 3 is 1.55 bits per heavy atom. The van der Waals surface area contributed by atoms with E-state index in [0.717, 1.165) is 11.1 Å². The van der Waals surface area contributed by atoms with Crippen LogP contribution in [-0.2, 0) is 22.7 Å². The van der Waals surface area contributed by atoms with Gasteiger partial charge in [0.15, 0.2) is 8.68 Å². The van der Waals surface area contributed by atoms with Crippen molar-refractivity contribution < 1.29 is 9.59 Å². The van der Waals surface area contributed by atoms with Crippen LogP contribution < -0.4 is 10.6 Å². The number of rotatable bonds is 10. The first-order chi connectivity index (χ1) is 15.0. The van der Waals surface area contributed by atoms with Crippen molar-refractivity contribution in [3.8, 4) is 0 Å². The molecular weight excluding hydrogens is 448 g/mol. The van der Waals surface area contributed by atoms with Gasteiger partial charge < -0.3 is 10.6 Å². The molecule has 0 fully saturated rings. The summed E-state index contributed by atoms with van der Waals surface area (Å²) in [6, 6.07) is 19.6. The Labute approximate surface area is 194 Å². The van der Waals surface area contributed by atoms with Gasteiger partial charge in [-0.1, -0.05) is 95.5 Å². The summed E-state index contributed by atoms with van der Waals surface area (Å²) in [6.45, 7) is 4.69. The van der Waals surface area contributed by atoms with Crippen LogP contribution in [0.5, 0.6) is 0 Å². The van der Waals surface area contributed by atoms with Crippen molar-refractivity contribution in [1.82, 2.24) is 20.8 Å². The fourth-order valence-corrected chi connectivity index (χ4v) is 5.92. The molecule has 0 aliphatic rings. The van der Waals surface area contributed by atoms with Crippen LogP contribution in [0.15, 0.2) is 69.3 Å². The van der Waals surface area contributed by atoms with E-state index in [1.54, 1.807) is 0 Å². The van der Waals surface area contributed by atoms with Crippen molar-refractivity contribution in [1.29, 1.82) is 0 Å². The highest BCUT2D eigenvalue weighted by Crippen LogP contribution is 2.33. The molecule has 0 saturated carbocycles. The Morgan fingerprint density at radius 2 is 1.16 bits per heavy atom. The molecule has 0 aliphatic heterocycles. The maximum Gasteiger partial charge on any atom is 0.233 e. The smallest absolute Gasteiger partial charge is 0.233 e. The second-order valence-corrected chi connectivity index (χ2v) is 10.9. The Hall–Kier alpha value is -2.36. The number of nitrogens with zero attached hydrogens (tertiary/aromatic N) is 2. The molecule has 162 valence electrons. The van der Waals surface area contributed by atoms with Gasteiger partial charge in [0.05, 0.1) is 10.5 Å². The van der Waals surface area contributed by atoms with Gasteiger partial charge in [-0.25, -0.2) is 0 Å². The number of benzene rings is 2. The fourth-order valence-electron chi connectivity index (χ4n) is 2.56. The Kier molecular flexibility index (Phi) is 8.93. The maximum absolute atomic E-state index is 12.3. The lowest BCUT2D eigenvalue weighted by molar-refractivity contribution is -0.121. The molecule has 0 saturated heterocycles. The quantitative estimate of drug-likeness (QED) is 0.432. The number of nitrogens with one attached hydrogen (secondary N) is 2. The second-order valence-electron chi connectivity index (χ2n) is 6.76. The molecule has 1 heterocycles. The first-order valence-corrected chi connectivity index (χ1v) is 12.4. The molecule has 9 heteroatoms. The average Bonchev–Trinajstić information content (AvgIpc) is 3.23. The number of amides is 2. The SMILES string of the molecule is CC(Sc1nnc(SC(C)C(=O)NCc2ccccc2)s1)C(=O)NCc1ccccc1. The van der Waals surface area contributed by atoms with Crippen molar-refractivity contribution in [2.45, 2.75) is 46.1 Å². The summed E-state index contributed by atoms with van der Waals surface area (Å²) in [5.41, 5.74) is 2.12. The summed E-state index contributed by atoms with van der Waals surface area (Å²) in [7, 11) is 0. The van der Waals surface area contributed by atoms with E-state index in [-0.39, 0.29) is 22.3 Å². The molecule has 0 spiro atoms. The topological polar surface area (TPSA) is 84.0 Å². The zero-order valence-electron chi connectivity index (χ0n) is 17.3. The van der Waals surface area contributed by atoms with Crippen LogP contribution >= 0.6 is 34.9 Å². The van der Waals surface area contributed by atoms with E-state index < -0.39 is 0 Å². The predicted molar refractivity (Wildman–Crippen MR) is 127 cm³/mol. The monoisotopic (exact) mass is 472 g/mol. The summed E-state index contributed by atoms with van der Waals surface area (Å²) >= 11 is 4.14. The molecule has 6 nitrogen and oxygen atoms in total. The second kappa shape index (κ2) is 11.9. The molecule has 0 aliphatic carbocycles. The number of thioether (sulfide) groups is 2. The van der Waals surface area contributed by atoms with Crippen molar-refractivity contribution in [3.63, 3.8) is 0 Å². The van der Waals surface area contributed by atoms with Crippen LogP contribution in [0.2, 0.25) is 0 Å². The van der Waals surface area contributed by atoms with E-state index in [1.165, 1.54) is 34.9 Å². The Balaban J connectivity index is 1.43. The lowest BCUT2D eigenvalue weighted by atomic mass is 10.2. The normalized spacial score (nSPS) is 12.7. The molecule has 31 heavy (non-hydrogen) atoms. The standard InChI is InChI=1S/C22H24N4O2S3/c1-15(19(27)23-13-17-9-5-3-6-10-17)29-21-25-26-22(31-21)30-16(2)20(28)24-14-18-11-7-4-8-12-18/h3-12,15-16H,13-14H2,1-2H3,(H,23,27)(H,24,28). The first-order valence-electron chi connectivity index (χ1n) is 9.81. The van der Waals surface area contributed by atoms with Crippen molar-refractivity contribution in [2.75, 3.05) is 0 Å². The number of carbonyl (C=O) groups excluding carboxylic acids is 2. The zero-order chi connectivity index (χ0) is 22.1. The van der Waals surface area contributed by atoms with Gasteiger partial charge in [-0.2, -0.15) is 0 Å². The number of hydrogen-bond donors (Lipinski definition) is 2. The minimum atomic E-state index is -0.291. The fraction of sp³-hybridized carbons (Fsp3) is 0.273. The van der Waals surface area contributed by atoms with Gasteiger partial charge in [0.25, 0.3) is 0 Å². The molecule has 2 atom stereocenters. The predicted octanol–water partition coefficient (Wildman–Crippen LogP) is 4.13. The summed E-state index contributed by atoms with van der Waals surface area (Å²) in [5.74, 6) is -0.0983. The van der Waals surface area contributed by atoms with Crippen LogP contribution in [-0.4, -0.2) is 32.5 Å². The van der Waals surface area contributed by atoms with Crippen LogP contribution in [0, 0.1) is 0 Å². The van der Waals surface area contributed by atoms with Crippen molar-refractivity contribution in [3.05, 3.63) is 71.8 Å². The van der Waals surface area contributed by atoms with E-state index in [2.05, 4.69) is 20.8 Å². The van der Waals surface area contributed by atoms with Crippen LogP contribution in [0.4, 0.5) is 0 Å². The van der Waals surface area contributed by atoms with E-state index in [4.69, 9.17) is 0 Å². The summed E-state index contributed by atoms with van der Waals surface area (Å²) < 4.78 is 1.42. The van der Waals surface area contributed by atoms with Gasteiger partial charge in [0, 0.05) is 13.1 Å². The lowest BCUT2D eigenvalue weighted by Gasteiger charge is -2.10. The van der Waals surface area contributed by atoms with Gasteiger partial charge in [-0.3, -0.25) is 9.59 Å². The highest BCUT2D eigenvalue weighted by atomic mass is 32.2. The molecule has 2 amide bonds. The molecule has 1 aromatic heterocycles. The van der Waals surface area contributed by atoms with Crippen LogP contribution in [0.3, 0.4) is 0 Å². The molecule has 2 aromatic carbocycles. The first kappa shape index (κ1) is 23.3. The third kappa shape index (κ3) is 7.68. The maximum atomic E-state index is 12.3. The zero-order valence-corrected chi connectivity index (χ0v) is 19.7. The number of hydrogen-bond acceptors (Lipinski definition) is 7. The third-order valence-electron chi connectivity index (χ3n) is 4.30. The average molecular weight is 473 g/mol.